The summed E-state index contributed by atoms with van der Waals surface area (Å²) in [6, 6.07) is 9.09. The first-order valence-corrected chi connectivity index (χ1v) is 5.80. The number of nitro benzene ring substituents is 1. The Morgan fingerprint density at radius 1 is 1.35 bits per heavy atom. The smallest absolute Gasteiger partial charge is 0.258 e. The third kappa shape index (κ3) is 2.28. The number of hydrogen-bond acceptors (Lipinski definition) is 3. The van der Waals surface area contributed by atoms with Gasteiger partial charge in [0, 0.05) is 11.6 Å². The van der Waals surface area contributed by atoms with Crippen molar-refractivity contribution in [2.45, 2.75) is 32.1 Å². The molecule has 0 atom stereocenters. The molecule has 0 amide bonds. The molecule has 2 rings (SSSR count). The van der Waals surface area contributed by atoms with Crippen molar-refractivity contribution >= 4 is 5.69 Å². The van der Waals surface area contributed by atoms with E-state index in [-0.39, 0.29) is 16.0 Å². The number of nitro groups is 1. The lowest BCUT2D eigenvalue weighted by Gasteiger charge is -2.19. The Morgan fingerprint density at radius 2 is 2.00 bits per heavy atom. The van der Waals surface area contributed by atoms with Crippen molar-refractivity contribution in [3.8, 4) is 6.07 Å². The van der Waals surface area contributed by atoms with Crippen molar-refractivity contribution in [3.63, 3.8) is 0 Å². The fraction of sp³-hybridized carbons (Fsp3) is 0.462. The van der Waals surface area contributed by atoms with Gasteiger partial charge in [-0.1, -0.05) is 31.0 Å². The molecule has 0 aromatic heterocycles. The minimum Gasteiger partial charge on any atom is -0.258 e. The van der Waals surface area contributed by atoms with Crippen molar-refractivity contribution < 1.29 is 4.92 Å². The molecule has 0 heterocycles. The Kier molecular flexibility index (Phi) is 3.10. The van der Waals surface area contributed by atoms with Crippen LogP contribution in [0.1, 0.15) is 31.2 Å². The largest absolute Gasteiger partial charge is 0.272 e. The quantitative estimate of drug-likeness (QED) is 0.591. The topological polar surface area (TPSA) is 66.9 Å². The molecule has 4 heteroatoms. The molecule has 1 saturated carbocycles. The standard InChI is InChI=1S/C13H14N2O2/c14-10-13(7-3-4-8-13)9-11-5-1-2-6-12(11)15(16)17/h1-2,5-6H,3-4,7-9H2. The van der Waals surface area contributed by atoms with Crippen LogP contribution in [0.15, 0.2) is 24.3 Å². The average molecular weight is 230 g/mol. The van der Waals surface area contributed by atoms with E-state index in [0.29, 0.717) is 12.0 Å². The summed E-state index contributed by atoms with van der Waals surface area (Å²) in [4.78, 5) is 10.5. The summed E-state index contributed by atoms with van der Waals surface area (Å²) in [5.74, 6) is 0. The molecule has 0 aliphatic heterocycles. The van der Waals surface area contributed by atoms with E-state index in [9.17, 15) is 15.4 Å². The molecule has 1 aliphatic carbocycles. The van der Waals surface area contributed by atoms with Gasteiger partial charge in [-0.2, -0.15) is 5.26 Å². The van der Waals surface area contributed by atoms with Crippen molar-refractivity contribution in [1.82, 2.24) is 0 Å². The van der Waals surface area contributed by atoms with Crippen LogP contribution in [0.3, 0.4) is 0 Å². The van der Waals surface area contributed by atoms with Crippen molar-refractivity contribution in [2.75, 3.05) is 0 Å². The van der Waals surface area contributed by atoms with Gasteiger partial charge in [-0.3, -0.25) is 10.1 Å². The lowest BCUT2D eigenvalue weighted by Crippen LogP contribution is -2.17. The van der Waals surface area contributed by atoms with E-state index in [4.69, 9.17) is 0 Å². The van der Waals surface area contributed by atoms with E-state index in [1.807, 2.05) is 0 Å². The van der Waals surface area contributed by atoms with Crippen LogP contribution < -0.4 is 0 Å². The molecule has 0 N–H and O–H groups in total. The second-order valence-corrected chi connectivity index (χ2v) is 4.66. The second-order valence-electron chi connectivity index (χ2n) is 4.66. The molecule has 0 radical (unpaired) electrons. The van der Waals surface area contributed by atoms with Crippen LogP contribution in [-0.4, -0.2) is 4.92 Å². The van der Waals surface area contributed by atoms with Gasteiger partial charge in [-0.25, -0.2) is 0 Å². The first-order valence-electron chi connectivity index (χ1n) is 5.80. The molecule has 0 spiro atoms. The lowest BCUT2D eigenvalue weighted by molar-refractivity contribution is -0.385. The Bertz CT molecular complexity index is 471. The molecule has 1 fully saturated rings. The van der Waals surface area contributed by atoms with Crippen molar-refractivity contribution in [3.05, 3.63) is 39.9 Å². The Hall–Kier alpha value is -1.89. The van der Waals surface area contributed by atoms with Crippen LogP contribution >= 0.6 is 0 Å². The van der Waals surface area contributed by atoms with Gasteiger partial charge in [0.2, 0.25) is 0 Å². The van der Waals surface area contributed by atoms with Crippen molar-refractivity contribution in [1.29, 1.82) is 5.26 Å². The van der Waals surface area contributed by atoms with E-state index in [2.05, 4.69) is 6.07 Å². The normalized spacial score (nSPS) is 17.6. The van der Waals surface area contributed by atoms with Gasteiger partial charge in [-0.15, -0.1) is 0 Å². The van der Waals surface area contributed by atoms with Gasteiger partial charge < -0.3 is 0 Å². The maximum Gasteiger partial charge on any atom is 0.272 e. The lowest BCUT2D eigenvalue weighted by atomic mass is 9.81. The van der Waals surface area contributed by atoms with E-state index in [0.717, 1.165) is 25.7 Å². The molecule has 1 aliphatic rings. The number of nitrogens with zero attached hydrogens (tertiary/aromatic N) is 2. The van der Waals surface area contributed by atoms with Crippen LogP contribution in [0.4, 0.5) is 5.69 Å². The Labute approximate surface area is 100 Å². The monoisotopic (exact) mass is 230 g/mol. The van der Waals surface area contributed by atoms with Crippen LogP contribution in [0.2, 0.25) is 0 Å². The molecule has 0 unspecified atom stereocenters. The summed E-state index contributed by atoms with van der Waals surface area (Å²) in [6.45, 7) is 0. The summed E-state index contributed by atoms with van der Waals surface area (Å²) in [7, 11) is 0. The average Bonchev–Trinajstić information content (AvgIpc) is 2.79. The molecule has 0 bridgehead atoms. The maximum absolute atomic E-state index is 10.9. The molecule has 1 aromatic rings. The molecule has 88 valence electrons. The Balaban J connectivity index is 2.30. The maximum atomic E-state index is 10.9. The zero-order chi connectivity index (χ0) is 12.3. The number of benzene rings is 1. The molecule has 1 aromatic carbocycles. The van der Waals surface area contributed by atoms with E-state index in [1.165, 1.54) is 6.07 Å². The van der Waals surface area contributed by atoms with Crippen LogP contribution in [-0.2, 0) is 6.42 Å². The van der Waals surface area contributed by atoms with Gasteiger partial charge >= 0.3 is 0 Å². The van der Waals surface area contributed by atoms with Gasteiger partial charge in [0.05, 0.1) is 16.4 Å². The first kappa shape index (κ1) is 11.6. The molecular formula is C13H14N2O2. The highest BCUT2D eigenvalue weighted by Crippen LogP contribution is 2.41. The molecule has 17 heavy (non-hydrogen) atoms. The summed E-state index contributed by atoms with van der Waals surface area (Å²) in [5.41, 5.74) is 0.432. The highest BCUT2D eigenvalue weighted by atomic mass is 16.6. The minimum absolute atomic E-state index is 0.133. The van der Waals surface area contributed by atoms with Crippen LogP contribution in [0.5, 0.6) is 0 Å². The highest BCUT2D eigenvalue weighted by Gasteiger charge is 2.35. The summed E-state index contributed by atoms with van der Waals surface area (Å²) in [6.07, 6.45) is 4.31. The third-order valence-electron chi connectivity index (χ3n) is 3.51. The van der Waals surface area contributed by atoms with Gasteiger partial charge in [0.15, 0.2) is 0 Å². The molecular weight excluding hydrogens is 216 g/mol. The van der Waals surface area contributed by atoms with E-state index < -0.39 is 0 Å². The summed E-state index contributed by atoms with van der Waals surface area (Å²) in [5, 5.41) is 20.2. The number of nitriles is 1. The number of rotatable bonds is 3. The van der Waals surface area contributed by atoms with Crippen LogP contribution in [0.25, 0.3) is 0 Å². The SMILES string of the molecule is N#CC1(Cc2ccccc2[N+](=O)[O-])CCCC1. The predicted octanol–water partition coefficient (Wildman–Crippen LogP) is 3.22. The fourth-order valence-corrected chi connectivity index (χ4v) is 2.58. The number of para-hydroxylation sites is 1. The van der Waals surface area contributed by atoms with Crippen LogP contribution in [0, 0.1) is 26.9 Å². The molecule has 4 nitrogen and oxygen atoms in total. The second kappa shape index (κ2) is 4.54. The fourth-order valence-electron chi connectivity index (χ4n) is 2.58. The third-order valence-corrected chi connectivity index (χ3v) is 3.51. The predicted molar refractivity (Wildman–Crippen MR) is 63.3 cm³/mol. The van der Waals surface area contributed by atoms with Gasteiger partial charge in [-0.05, 0) is 19.3 Å². The van der Waals surface area contributed by atoms with Gasteiger partial charge in [0.1, 0.15) is 0 Å². The summed E-state index contributed by atoms with van der Waals surface area (Å²) < 4.78 is 0. The number of hydrogen-bond donors (Lipinski definition) is 0. The zero-order valence-electron chi connectivity index (χ0n) is 9.56. The van der Waals surface area contributed by atoms with Gasteiger partial charge in [0.25, 0.3) is 5.69 Å². The minimum atomic E-state index is -0.383. The zero-order valence-corrected chi connectivity index (χ0v) is 9.56. The summed E-state index contributed by atoms with van der Waals surface area (Å²) >= 11 is 0. The Morgan fingerprint density at radius 3 is 2.59 bits per heavy atom. The van der Waals surface area contributed by atoms with Crippen molar-refractivity contribution in [2.24, 2.45) is 5.41 Å². The van der Waals surface area contributed by atoms with E-state index in [1.54, 1.807) is 18.2 Å². The highest BCUT2D eigenvalue weighted by molar-refractivity contribution is 5.41. The first-order chi connectivity index (χ1) is 8.17. The molecule has 0 saturated heterocycles. The van der Waals surface area contributed by atoms with E-state index >= 15 is 0 Å².